The van der Waals surface area contributed by atoms with Crippen LogP contribution in [0.3, 0.4) is 0 Å². The molecule has 2 aromatic rings. The topological polar surface area (TPSA) is 74.5 Å². The van der Waals surface area contributed by atoms with Crippen LogP contribution in [-0.4, -0.2) is 29.2 Å². The molecule has 1 amide bonds. The van der Waals surface area contributed by atoms with Crippen molar-refractivity contribution in [1.82, 2.24) is 0 Å². The van der Waals surface area contributed by atoms with Crippen LogP contribution in [0.25, 0.3) is 0 Å². The van der Waals surface area contributed by atoms with E-state index < -0.39 is 5.91 Å². The van der Waals surface area contributed by atoms with Crippen molar-refractivity contribution >= 4 is 52.1 Å². The summed E-state index contributed by atoms with van der Waals surface area (Å²) in [6.07, 6.45) is 0. The van der Waals surface area contributed by atoms with E-state index in [9.17, 15) is 9.90 Å². The molecule has 1 N–H and O–H groups in total. The Morgan fingerprint density at radius 1 is 1.20 bits per heavy atom. The van der Waals surface area contributed by atoms with Gasteiger partial charge in [0.25, 0.3) is 5.90 Å². The second kappa shape index (κ2) is 7.13. The van der Waals surface area contributed by atoms with Crippen LogP contribution in [0.2, 0.25) is 10.0 Å². The van der Waals surface area contributed by atoms with Crippen LogP contribution in [-0.2, 0) is 9.53 Å². The number of nitrogens with zero attached hydrogens (tertiary/aromatic N) is 3. The molecule has 0 unspecified atom stereocenters. The number of ether oxygens (including phenoxy) is 1. The first-order valence-electron chi connectivity index (χ1n) is 7.39. The van der Waals surface area contributed by atoms with Gasteiger partial charge in [-0.15, -0.1) is 5.10 Å². The molecule has 0 radical (unpaired) electrons. The number of hydrogen-bond donors (Lipinski definition) is 1. The normalized spacial score (nSPS) is 15.6. The Balaban J connectivity index is 2.03. The summed E-state index contributed by atoms with van der Waals surface area (Å²) in [4.78, 5) is 17.0. The van der Waals surface area contributed by atoms with E-state index in [0.29, 0.717) is 18.0 Å². The van der Waals surface area contributed by atoms with Gasteiger partial charge in [0.1, 0.15) is 0 Å². The van der Waals surface area contributed by atoms with Gasteiger partial charge < -0.3 is 9.84 Å². The molecular formula is C17H13Cl2N3O3. The van der Waals surface area contributed by atoms with Gasteiger partial charge in [-0.05, 0) is 31.2 Å². The van der Waals surface area contributed by atoms with Gasteiger partial charge in [-0.25, -0.2) is 4.99 Å². The number of benzene rings is 2. The van der Waals surface area contributed by atoms with E-state index in [2.05, 4.69) is 10.1 Å². The third-order valence-electron chi connectivity index (χ3n) is 3.31. The summed E-state index contributed by atoms with van der Waals surface area (Å²) in [5.41, 5.74) is 0.929. The Bertz CT molecular complexity index is 859. The van der Waals surface area contributed by atoms with Gasteiger partial charge in [-0.2, -0.15) is 5.01 Å². The number of halogens is 2. The van der Waals surface area contributed by atoms with E-state index in [1.165, 1.54) is 17.1 Å². The molecule has 1 heterocycles. The molecule has 3 rings (SSSR count). The number of aliphatic imine (C=N–C) groups is 1. The third-order valence-corrected chi connectivity index (χ3v) is 3.89. The maximum atomic E-state index is 12.7. The van der Waals surface area contributed by atoms with Crippen molar-refractivity contribution < 1.29 is 14.6 Å². The van der Waals surface area contributed by atoms with Gasteiger partial charge in [-0.3, -0.25) is 4.79 Å². The summed E-state index contributed by atoms with van der Waals surface area (Å²) in [5, 5.41) is 15.1. The zero-order chi connectivity index (χ0) is 18.0. The fraction of sp³-hybridized carbons (Fsp3) is 0.118. The number of aromatic hydroxyl groups is 1. The van der Waals surface area contributed by atoms with Gasteiger partial charge in [0.05, 0.1) is 28.0 Å². The maximum Gasteiger partial charge on any atom is 0.303 e. The Hall–Kier alpha value is -2.57. The number of hydrazone groups is 1. The number of carbonyl (C=O) groups excluding carboxylic acids is 1. The van der Waals surface area contributed by atoms with Crippen LogP contribution < -0.4 is 5.01 Å². The Kier molecular flexibility index (Phi) is 4.92. The highest BCUT2D eigenvalue weighted by molar-refractivity contribution is 6.70. The molecule has 0 fully saturated rings. The highest BCUT2D eigenvalue weighted by atomic mass is 35.5. The van der Waals surface area contributed by atoms with Crippen molar-refractivity contribution in [1.29, 1.82) is 0 Å². The lowest BCUT2D eigenvalue weighted by Gasteiger charge is -2.09. The van der Waals surface area contributed by atoms with Crippen LogP contribution in [0.1, 0.15) is 6.92 Å². The summed E-state index contributed by atoms with van der Waals surface area (Å²) >= 11 is 11.8. The number of anilines is 1. The fourth-order valence-corrected chi connectivity index (χ4v) is 2.67. The summed E-state index contributed by atoms with van der Waals surface area (Å²) in [7, 11) is 0. The molecule has 1 aliphatic rings. The van der Waals surface area contributed by atoms with E-state index in [1.807, 2.05) is 6.07 Å². The van der Waals surface area contributed by atoms with Crippen molar-refractivity contribution in [2.45, 2.75) is 6.92 Å². The van der Waals surface area contributed by atoms with E-state index in [4.69, 9.17) is 27.9 Å². The van der Waals surface area contributed by atoms with Crippen molar-refractivity contribution in [2.24, 2.45) is 10.1 Å². The van der Waals surface area contributed by atoms with Gasteiger partial charge in [0.15, 0.2) is 11.5 Å². The van der Waals surface area contributed by atoms with E-state index in [0.717, 1.165) is 0 Å². The molecule has 1 aliphatic heterocycles. The van der Waals surface area contributed by atoms with Gasteiger partial charge in [-0.1, -0.05) is 41.4 Å². The Morgan fingerprint density at radius 3 is 2.44 bits per heavy atom. The molecule has 0 atom stereocenters. The van der Waals surface area contributed by atoms with Crippen molar-refractivity contribution in [3.05, 3.63) is 52.5 Å². The van der Waals surface area contributed by atoms with E-state index >= 15 is 0 Å². The van der Waals surface area contributed by atoms with Crippen molar-refractivity contribution in [3.8, 4) is 5.75 Å². The van der Waals surface area contributed by atoms with Crippen LogP contribution in [0.4, 0.5) is 11.4 Å². The van der Waals surface area contributed by atoms with Crippen LogP contribution in [0.5, 0.6) is 5.75 Å². The number of hydrogen-bond acceptors (Lipinski definition) is 5. The second-order valence-corrected chi connectivity index (χ2v) is 5.82. The molecule has 0 saturated heterocycles. The molecule has 8 heteroatoms. The maximum absolute atomic E-state index is 12.7. The average Bonchev–Trinajstić information content (AvgIpc) is 2.90. The molecule has 0 aromatic heterocycles. The SMILES string of the molecule is CCOC1=NN(c2ccccc2)C(=O)C1=Nc1cc(Cl)c(O)c(Cl)c1. The molecule has 25 heavy (non-hydrogen) atoms. The predicted octanol–water partition coefficient (Wildman–Crippen LogP) is 4.17. The van der Waals surface area contributed by atoms with E-state index in [1.54, 1.807) is 31.2 Å². The highest BCUT2D eigenvalue weighted by Crippen LogP contribution is 2.36. The number of para-hydroxylation sites is 1. The number of rotatable bonds is 3. The number of phenolic OH excluding ortho intramolecular Hbond substituents is 1. The summed E-state index contributed by atoms with van der Waals surface area (Å²) in [6, 6.07) is 11.7. The van der Waals surface area contributed by atoms with E-state index in [-0.39, 0.29) is 27.4 Å². The molecule has 0 saturated carbocycles. The molecule has 0 aliphatic carbocycles. The zero-order valence-corrected chi connectivity index (χ0v) is 14.6. The summed E-state index contributed by atoms with van der Waals surface area (Å²) < 4.78 is 5.44. The van der Waals surface area contributed by atoms with Crippen molar-refractivity contribution in [3.63, 3.8) is 0 Å². The summed E-state index contributed by atoms with van der Waals surface area (Å²) in [5.74, 6) is -0.568. The largest absolute Gasteiger partial charge is 0.505 e. The first kappa shape index (κ1) is 17.3. The quantitative estimate of drug-likeness (QED) is 0.871. The van der Waals surface area contributed by atoms with Crippen LogP contribution in [0.15, 0.2) is 52.6 Å². The lowest BCUT2D eigenvalue weighted by molar-refractivity contribution is -0.112. The smallest absolute Gasteiger partial charge is 0.303 e. The number of carbonyl (C=O) groups is 1. The molecule has 128 valence electrons. The number of amides is 1. The predicted molar refractivity (Wildman–Crippen MR) is 98.2 cm³/mol. The minimum atomic E-state index is -0.435. The third kappa shape index (κ3) is 3.45. The average molecular weight is 378 g/mol. The first-order chi connectivity index (χ1) is 12.0. The van der Waals surface area contributed by atoms with Crippen LogP contribution in [0, 0.1) is 0 Å². The standard InChI is InChI=1S/C17H13Cl2N3O3/c1-2-25-16-14(20-10-8-12(18)15(23)13(19)9-10)17(24)22(21-16)11-6-4-3-5-7-11/h3-9,23H,2H2,1H3. The van der Waals surface area contributed by atoms with Gasteiger partial charge >= 0.3 is 5.91 Å². The molecule has 2 aromatic carbocycles. The monoisotopic (exact) mass is 377 g/mol. The molecular weight excluding hydrogens is 365 g/mol. The molecule has 0 bridgehead atoms. The minimum Gasteiger partial charge on any atom is -0.505 e. The zero-order valence-electron chi connectivity index (χ0n) is 13.1. The Morgan fingerprint density at radius 2 is 1.84 bits per heavy atom. The molecule has 0 spiro atoms. The summed E-state index contributed by atoms with van der Waals surface area (Å²) in [6.45, 7) is 2.11. The highest BCUT2D eigenvalue weighted by Gasteiger charge is 2.34. The lowest BCUT2D eigenvalue weighted by atomic mass is 10.2. The fourth-order valence-electron chi connectivity index (χ4n) is 2.19. The second-order valence-electron chi connectivity index (χ2n) is 5.01. The molecule has 6 nitrogen and oxygen atoms in total. The van der Waals surface area contributed by atoms with Crippen LogP contribution >= 0.6 is 23.2 Å². The lowest BCUT2D eigenvalue weighted by Crippen LogP contribution is -2.28. The number of phenols is 1. The first-order valence-corrected chi connectivity index (χ1v) is 8.14. The van der Waals surface area contributed by atoms with Crippen molar-refractivity contribution in [2.75, 3.05) is 11.6 Å². The minimum absolute atomic E-state index is 0.0310. The van der Waals surface area contributed by atoms with Gasteiger partial charge in [0.2, 0.25) is 0 Å². The Labute approximate surface area is 154 Å². The van der Waals surface area contributed by atoms with Gasteiger partial charge in [0, 0.05) is 0 Å².